The number of hydrogen-bond donors (Lipinski definition) is 3. The van der Waals surface area contributed by atoms with Gasteiger partial charge in [-0.3, -0.25) is 0 Å². The molecule has 21 heavy (non-hydrogen) atoms. The molecule has 112 valence electrons. The van der Waals surface area contributed by atoms with Gasteiger partial charge in [-0.05, 0) is 34.9 Å². The quantitative estimate of drug-likeness (QED) is 0.492. The highest BCUT2D eigenvalue weighted by Gasteiger charge is 2.72. The van der Waals surface area contributed by atoms with Crippen LogP contribution >= 0.6 is 34.2 Å². The fourth-order valence-corrected chi connectivity index (χ4v) is 5.04. The summed E-state index contributed by atoms with van der Waals surface area (Å²) in [5.74, 6) is -0.250. The van der Waals surface area contributed by atoms with Gasteiger partial charge in [-0.25, -0.2) is 9.97 Å². The molecule has 3 N–H and O–H groups in total. The van der Waals surface area contributed by atoms with Crippen LogP contribution in [-0.2, 0) is 5.54 Å². The molecule has 0 amide bonds. The Balaban J connectivity index is 1.91. The molecular weight excluding hydrogens is 409 g/mol. The molecule has 0 aromatic carbocycles. The minimum Gasteiger partial charge on any atom is -0.396 e. The molecule has 4 rings (SSSR count). The average molecular weight is 422 g/mol. The van der Waals surface area contributed by atoms with Crippen LogP contribution in [0.4, 0.5) is 0 Å². The molecule has 0 aliphatic heterocycles. The Morgan fingerprint density at radius 1 is 1.43 bits per heavy atom. The molecule has 0 spiro atoms. The molecule has 0 radical (unpaired) electrons. The maximum Gasteiger partial charge on any atom is 0.146 e. The fraction of sp³-hybridized carbons (Fsp3) is 0.538. The SMILES string of the molecule is OC[C@@H]1[C@@H](O)[C@@H](O)[C@@]2(n3cc(I)c4c(Cl)ncnc43)C[C@@H]12. The lowest BCUT2D eigenvalue weighted by atomic mass is 10.0. The van der Waals surface area contributed by atoms with Crippen molar-refractivity contribution in [1.82, 2.24) is 14.5 Å². The second kappa shape index (κ2) is 4.51. The average Bonchev–Trinajstić information content (AvgIpc) is 3.04. The summed E-state index contributed by atoms with van der Waals surface area (Å²) in [5, 5.41) is 31.2. The molecule has 2 aromatic heterocycles. The topological polar surface area (TPSA) is 91.4 Å². The van der Waals surface area contributed by atoms with Crippen molar-refractivity contribution in [3.8, 4) is 0 Å². The third kappa shape index (κ3) is 1.64. The van der Waals surface area contributed by atoms with Crippen LogP contribution in [0.5, 0.6) is 0 Å². The van der Waals surface area contributed by atoms with Crippen molar-refractivity contribution in [2.24, 2.45) is 11.8 Å². The first kappa shape index (κ1) is 14.1. The first-order chi connectivity index (χ1) is 10.0. The van der Waals surface area contributed by atoms with Gasteiger partial charge < -0.3 is 19.9 Å². The third-order valence-electron chi connectivity index (χ3n) is 4.97. The van der Waals surface area contributed by atoms with E-state index in [1.165, 1.54) is 6.33 Å². The largest absolute Gasteiger partial charge is 0.396 e. The Bertz CT molecular complexity index is 739. The molecule has 6 nitrogen and oxygen atoms in total. The van der Waals surface area contributed by atoms with Gasteiger partial charge in [0, 0.05) is 22.3 Å². The number of hydrogen-bond acceptors (Lipinski definition) is 5. The minimum atomic E-state index is -0.917. The van der Waals surface area contributed by atoms with Crippen molar-refractivity contribution in [3.63, 3.8) is 0 Å². The number of fused-ring (bicyclic) bond motifs is 2. The summed E-state index contributed by atoms with van der Waals surface area (Å²) in [4.78, 5) is 8.29. The van der Waals surface area contributed by atoms with Crippen LogP contribution in [0.25, 0.3) is 11.0 Å². The maximum absolute atomic E-state index is 10.5. The number of aromatic nitrogens is 3. The van der Waals surface area contributed by atoms with Gasteiger partial charge in [0.1, 0.15) is 23.2 Å². The molecule has 8 heteroatoms. The van der Waals surface area contributed by atoms with E-state index in [0.717, 1.165) is 15.4 Å². The Morgan fingerprint density at radius 2 is 2.19 bits per heavy atom. The van der Waals surface area contributed by atoms with Crippen LogP contribution in [0.1, 0.15) is 6.42 Å². The summed E-state index contributed by atoms with van der Waals surface area (Å²) in [6.45, 7) is -0.128. The Labute approximate surface area is 138 Å². The van der Waals surface area contributed by atoms with Gasteiger partial charge in [0.15, 0.2) is 0 Å². The Hall–Kier alpha value is -0.480. The maximum atomic E-state index is 10.5. The first-order valence-corrected chi connectivity index (χ1v) is 8.12. The smallest absolute Gasteiger partial charge is 0.146 e. The van der Waals surface area contributed by atoms with Crippen molar-refractivity contribution in [3.05, 3.63) is 21.2 Å². The van der Waals surface area contributed by atoms with Gasteiger partial charge in [0.05, 0.1) is 17.0 Å². The van der Waals surface area contributed by atoms with E-state index in [4.69, 9.17) is 11.6 Å². The van der Waals surface area contributed by atoms with E-state index in [1.807, 2.05) is 10.8 Å². The highest BCUT2D eigenvalue weighted by molar-refractivity contribution is 14.1. The van der Waals surface area contributed by atoms with Crippen molar-refractivity contribution in [2.45, 2.75) is 24.2 Å². The van der Waals surface area contributed by atoms with E-state index in [9.17, 15) is 15.3 Å². The van der Waals surface area contributed by atoms with Crippen molar-refractivity contribution in [1.29, 1.82) is 0 Å². The van der Waals surface area contributed by atoms with Crippen LogP contribution < -0.4 is 0 Å². The lowest BCUT2D eigenvalue weighted by Gasteiger charge is -2.24. The van der Waals surface area contributed by atoms with Crippen molar-refractivity contribution >= 4 is 45.2 Å². The van der Waals surface area contributed by atoms with E-state index in [1.54, 1.807) is 0 Å². The lowest BCUT2D eigenvalue weighted by molar-refractivity contribution is -0.0272. The molecule has 2 aromatic rings. The molecule has 2 saturated carbocycles. The fourth-order valence-electron chi connectivity index (χ4n) is 3.88. The van der Waals surface area contributed by atoms with Crippen LogP contribution in [0, 0.1) is 15.4 Å². The molecule has 0 bridgehead atoms. The molecular formula is C13H13ClIN3O3. The summed E-state index contributed by atoms with van der Waals surface area (Å²) < 4.78 is 2.81. The Kier molecular flexibility index (Phi) is 3.04. The zero-order chi connectivity index (χ0) is 14.9. The van der Waals surface area contributed by atoms with Crippen LogP contribution in [0.3, 0.4) is 0 Å². The van der Waals surface area contributed by atoms with Crippen LogP contribution in [0.2, 0.25) is 5.15 Å². The normalized spacial score (nSPS) is 38.0. The zero-order valence-electron chi connectivity index (χ0n) is 10.8. The van der Waals surface area contributed by atoms with Crippen LogP contribution in [0.15, 0.2) is 12.5 Å². The summed E-state index contributed by atoms with van der Waals surface area (Å²) in [7, 11) is 0. The minimum absolute atomic E-state index is 0.0487. The van der Waals surface area contributed by atoms with Gasteiger partial charge in [-0.1, -0.05) is 11.6 Å². The standard InChI is InChI=1S/C13H13ClIN3O3/c14-11-8-7(15)2-18(12(8)17-4-16-11)13-1-6(13)5(3-19)9(20)10(13)21/h2,4-6,9-10,19-21H,1,3H2/t5-,6-,9+,10+,13+/m0/s1. The zero-order valence-corrected chi connectivity index (χ0v) is 13.7. The molecule has 0 saturated heterocycles. The molecule has 5 atom stereocenters. The molecule has 0 unspecified atom stereocenters. The number of nitrogens with zero attached hydrogens (tertiary/aromatic N) is 3. The second-order valence-electron chi connectivity index (χ2n) is 5.79. The predicted octanol–water partition coefficient (Wildman–Crippen LogP) is 0.748. The number of aliphatic hydroxyl groups is 3. The molecule has 2 heterocycles. The second-order valence-corrected chi connectivity index (χ2v) is 7.31. The van der Waals surface area contributed by atoms with Crippen molar-refractivity contribution in [2.75, 3.05) is 6.61 Å². The van der Waals surface area contributed by atoms with E-state index in [2.05, 4.69) is 32.6 Å². The van der Waals surface area contributed by atoms with E-state index in [-0.39, 0.29) is 18.4 Å². The third-order valence-corrected chi connectivity index (χ3v) is 6.07. The van der Waals surface area contributed by atoms with Crippen molar-refractivity contribution < 1.29 is 15.3 Å². The highest BCUT2D eigenvalue weighted by atomic mass is 127. The van der Waals surface area contributed by atoms with Crippen LogP contribution in [-0.4, -0.2) is 48.7 Å². The van der Waals surface area contributed by atoms with Gasteiger partial charge in [0.25, 0.3) is 0 Å². The van der Waals surface area contributed by atoms with Gasteiger partial charge in [0.2, 0.25) is 0 Å². The predicted molar refractivity (Wildman–Crippen MR) is 83.9 cm³/mol. The monoisotopic (exact) mass is 421 g/mol. The van der Waals surface area contributed by atoms with E-state index < -0.39 is 17.7 Å². The first-order valence-electron chi connectivity index (χ1n) is 6.67. The summed E-state index contributed by atoms with van der Waals surface area (Å²) >= 11 is 8.31. The Morgan fingerprint density at radius 3 is 2.86 bits per heavy atom. The molecule has 2 fully saturated rings. The van der Waals surface area contributed by atoms with Gasteiger partial charge >= 0.3 is 0 Å². The number of halogens is 2. The summed E-state index contributed by atoms with van der Waals surface area (Å²) in [6, 6.07) is 0. The summed E-state index contributed by atoms with van der Waals surface area (Å²) in [6.07, 6.45) is 2.17. The number of rotatable bonds is 2. The lowest BCUT2D eigenvalue weighted by Crippen LogP contribution is -2.38. The van der Waals surface area contributed by atoms with E-state index in [0.29, 0.717) is 10.8 Å². The summed E-state index contributed by atoms with van der Waals surface area (Å²) in [5.41, 5.74) is 0.0679. The van der Waals surface area contributed by atoms with Gasteiger partial charge in [-0.2, -0.15) is 0 Å². The molecule has 2 aliphatic carbocycles. The highest BCUT2D eigenvalue weighted by Crippen LogP contribution is 2.64. The van der Waals surface area contributed by atoms with E-state index >= 15 is 0 Å². The number of aliphatic hydroxyl groups excluding tert-OH is 3. The van der Waals surface area contributed by atoms with Gasteiger partial charge in [-0.15, -0.1) is 0 Å². The molecule has 2 aliphatic rings.